The smallest absolute Gasteiger partial charge is 0.396 e. The molecule has 0 fully saturated rings. The minimum atomic E-state index is -4.29. The van der Waals surface area contributed by atoms with Crippen molar-refractivity contribution in [3.05, 3.63) is 35.4 Å². The first kappa shape index (κ1) is 13.0. The second-order valence-electron chi connectivity index (χ2n) is 4.43. The third kappa shape index (κ3) is 2.98. The lowest BCUT2D eigenvalue weighted by Gasteiger charge is -2.24. The van der Waals surface area contributed by atoms with Gasteiger partial charge in [0.1, 0.15) is 0 Å². The highest BCUT2D eigenvalue weighted by Gasteiger charge is 2.30. The van der Waals surface area contributed by atoms with Crippen molar-refractivity contribution in [2.75, 3.05) is 6.61 Å². The summed E-state index contributed by atoms with van der Waals surface area (Å²) in [5.74, 6) is 0. The highest BCUT2D eigenvalue weighted by Crippen LogP contribution is 2.32. The zero-order valence-electron chi connectivity index (χ0n) is 9.30. The highest BCUT2D eigenvalue weighted by atomic mass is 19.4. The molecule has 0 unspecified atom stereocenters. The van der Waals surface area contributed by atoms with Gasteiger partial charge in [-0.15, -0.1) is 0 Å². The number of rotatable bonds is 3. The van der Waals surface area contributed by atoms with Crippen molar-refractivity contribution in [3.63, 3.8) is 0 Å². The quantitative estimate of drug-likeness (QED) is 0.847. The fourth-order valence-electron chi connectivity index (χ4n) is 1.53. The molecular weight excluding hydrogens is 217 g/mol. The van der Waals surface area contributed by atoms with E-state index in [4.69, 9.17) is 5.11 Å². The monoisotopic (exact) mass is 232 g/mol. The van der Waals surface area contributed by atoms with Gasteiger partial charge in [-0.1, -0.05) is 26.0 Å². The van der Waals surface area contributed by atoms with Gasteiger partial charge in [-0.25, -0.2) is 0 Å². The van der Waals surface area contributed by atoms with Crippen LogP contribution >= 0.6 is 0 Å². The minimum Gasteiger partial charge on any atom is -0.396 e. The average Bonchev–Trinajstić information content (AvgIpc) is 2.16. The Morgan fingerprint density at radius 3 is 1.81 bits per heavy atom. The highest BCUT2D eigenvalue weighted by molar-refractivity contribution is 5.29. The number of alkyl halides is 3. The number of aliphatic hydroxyl groups is 1. The maximum atomic E-state index is 12.3. The van der Waals surface area contributed by atoms with Crippen LogP contribution in [0.4, 0.5) is 13.2 Å². The second-order valence-corrected chi connectivity index (χ2v) is 4.43. The predicted molar refractivity (Wildman–Crippen MR) is 56.2 cm³/mol. The Morgan fingerprint density at radius 2 is 1.44 bits per heavy atom. The lowest BCUT2D eigenvalue weighted by Crippen LogP contribution is -2.19. The summed E-state index contributed by atoms with van der Waals surface area (Å²) in [4.78, 5) is 0. The van der Waals surface area contributed by atoms with Crippen LogP contribution in [-0.2, 0) is 11.6 Å². The van der Waals surface area contributed by atoms with Gasteiger partial charge >= 0.3 is 6.18 Å². The van der Waals surface area contributed by atoms with Crippen LogP contribution in [0.1, 0.15) is 31.4 Å². The number of aliphatic hydroxyl groups excluding tert-OH is 1. The molecule has 0 aliphatic rings. The summed E-state index contributed by atoms with van der Waals surface area (Å²) in [6.07, 6.45) is -3.77. The van der Waals surface area contributed by atoms with Crippen molar-refractivity contribution in [3.8, 4) is 0 Å². The van der Waals surface area contributed by atoms with Crippen molar-refractivity contribution in [2.24, 2.45) is 0 Å². The van der Waals surface area contributed by atoms with E-state index in [1.165, 1.54) is 12.1 Å². The first-order valence-electron chi connectivity index (χ1n) is 5.06. The fraction of sp³-hybridized carbons (Fsp3) is 0.500. The molecule has 0 aromatic heterocycles. The largest absolute Gasteiger partial charge is 0.416 e. The SMILES string of the molecule is CC(C)(CCO)c1ccc(C(F)(F)F)cc1. The summed E-state index contributed by atoms with van der Waals surface area (Å²) in [6.45, 7) is 3.81. The zero-order chi connectivity index (χ0) is 12.4. The molecule has 4 heteroatoms. The van der Waals surface area contributed by atoms with E-state index in [1.54, 1.807) is 0 Å². The molecule has 90 valence electrons. The number of halogens is 3. The standard InChI is InChI=1S/C12H15F3O/c1-11(2,7-8-16)9-3-5-10(6-4-9)12(13,14)15/h3-6,16H,7-8H2,1-2H3. The van der Waals surface area contributed by atoms with Crippen LogP contribution in [-0.4, -0.2) is 11.7 Å². The number of hydrogen-bond acceptors (Lipinski definition) is 1. The Balaban J connectivity index is 2.95. The van der Waals surface area contributed by atoms with Gasteiger partial charge in [0.05, 0.1) is 5.56 Å². The van der Waals surface area contributed by atoms with E-state index in [9.17, 15) is 13.2 Å². The van der Waals surface area contributed by atoms with Crippen LogP contribution in [0, 0.1) is 0 Å². The fourth-order valence-corrected chi connectivity index (χ4v) is 1.53. The molecule has 16 heavy (non-hydrogen) atoms. The second kappa shape index (κ2) is 4.45. The molecule has 0 spiro atoms. The Labute approximate surface area is 92.9 Å². The normalized spacial score (nSPS) is 12.9. The van der Waals surface area contributed by atoms with Crippen molar-refractivity contribution in [1.29, 1.82) is 0 Å². The first-order valence-corrected chi connectivity index (χ1v) is 5.06. The lowest BCUT2D eigenvalue weighted by atomic mass is 9.81. The summed E-state index contributed by atoms with van der Waals surface area (Å²) in [5.41, 5.74) is -0.149. The maximum Gasteiger partial charge on any atom is 0.416 e. The lowest BCUT2D eigenvalue weighted by molar-refractivity contribution is -0.137. The van der Waals surface area contributed by atoms with Crippen LogP contribution in [0.25, 0.3) is 0 Å². The van der Waals surface area contributed by atoms with Gasteiger partial charge in [-0.05, 0) is 29.5 Å². The third-order valence-electron chi connectivity index (χ3n) is 2.73. The molecule has 0 bridgehead atoms. The summed E-state index contributed by atoms with van der Waals surface area (Å²) in [6, 6.07) is 5.10. The zero-order valence-corrected chi connectivity index (χ0v) is 9.30. The molecule has 1 aromatic carbocycles. The van der Waals surface area contributed by atoms with Crippen LogP contribution in [0.3, 0.4) is 0 Å². The third-order valence-corrected chi connectivity index (χ3v) is 2.73. The summed E-state index contributed by atoms with van der Waals surface area (Å²) < 4.78 is 37.0. The van der Waals surface area contributed by atoms with E-state index in [0.29, 0.717) is 6.42 Å². The topological polar surface area (TPSA) is 20.2 Å². The van der Waals surface area contributed by atoms with Crippen molar-refractivity contribution < 1.29 is 18.3 Å². The molecule has 1 rings (SSSR count). The van der Waals surface area contributed by atoms with Crippen LogP contribution in [0.15, 0.2) is 24.3 Å². The first-order chi connectivity index (χ1) is 7.27. The van der Waals surface area contributed by atoms with Crippen LogP contribution in [0.2, 0.25) is 0 Å². The maximum absolute atomic E-state index is 12.3. The van der Waals surface area contributed by atoms with E-state index < -0.39 is 11.7 Å². The van der Waals surface area contributed by atoms with E-state index in [-0.39, 0.29) is 12.0 Å². The van der Waals surface area contributed by atoms with Gasteiger partial charge in [0, 0.05) is 6.61 Å². The average molecular weight is 232 g/mol. The van der Waals surface area contributed by atoms with E-state index >= 15 is 0 Å². The van der Waals surface area contributed by atoms with Gasteiger partial charge in [-0.2, -0.15) is 13.2 Å². The molecule has 0 saturated carbocycles. The van der Waals surface area contributed by atoms with E-state index in [0.717, 1.165) is 17.7 Å². The van der Waals surface area contributed by atoms with Gasteiger partial charge < -0.3 is 5.11 Å². The summed E-state index contributed by atoms with van der Waals surface area (Å²) in [7, 11) is 0. The molecule has 0 aliphatic heterocycles. The molecule has 0 radical (unpaired) electrons. The Bertz CT molecular complexity index is 338. The molecular formula is C12H15F3O. The van der Waals surface area contributed by atoms with Gasteiger partial charge in [0.25, 0.3) is 0 Å². The van der Waals surface area contributed by atoms with Crippen molar-refractivity contribution in [2.45, 2.75) is 31.9 Å². The summed E-state index contributed by atoms with van der Waals surface area (Å²) in [5, 5.41) is 8.87. The Morgan fingerprint density at radius 1 is 1.00 bits per heavy atom. The van der Waals surface area contributed by atoms with Gasteiger partial charge in [-0.3, -0.25) is 0 Å². The molecule has 1 aromatic rings. The predicted octanol–water partition coefficient (Wildman–Crippen LogP) is 3.37. The van der Waals surface area contributed by atoms with E-state index in [2.05, 4.69) is 0 Å². The number of benzene rings is 1. The molecule has 0 atom stereocenters. The molecule has 1 nitrogen and oxygen atoms in total. The van der Waals surface area contributed by atoms with Gasteiger partial charge in [0.15, 0.2) is 0 Å². The van der Waals surface area contributed by atoms with Crippen LogP contribution in [0.5, 0.6) is 0 Å². The molecule has 1 N–H and O–H groups in total. The Hall–Kier alpha value is -1.03. The minimum absolute atomic E-state index is 0.0218. The molecule has 0 aliphatic carbocycles. The van der Waals surface area contributed by atoms with Crippen molar-refractivity contribution in [1.82, 2.24) is 0 Å². The van der Waals surface area contributed by atoms with Crippen LogP contribution < -0.4 is 0 Å². The van der Waals surface area contributed by atoms with E-state index in [1.807, 2.05) is 13.8 Å². The molecule has 0 heterocycles. The molecule has 0 saturated heterocycles. The number of hydrogen-bond donors (Lipinski definition) is 1. The van der Waals surface area contributed by atoms with Crippen molar-refractivity contribution >= 4 is 0 Å². The molecule has 0 amide bonds. The Kier molecular flexibility index (Phi) is 3.63. The van der Waals surface area contributed by atoms with Gasteiger partial charge in [0.2, 0.25) is 0 Å². The summed E-state index contributed by atoms with van der Waals surface area (Å²) >= 11 is 0.